The number of hydrogen-bond acceptors (Lipinski definition) is 5. The molecule has 0 spiro atoms. The molecule has 5 rings (SSSR count). The van der Waals surface area contributed by atoms with Gasteiger partial charge in [0.2, 0.25) is 0 Å². The van der Waals surface area contributed by atoms with Crippen LogP contribution in [0.3, 0.4) is 0 Å². The van der Waals surface area contributed by atoms with Crippen molar-refractivity contribution in [3.05, 3.63) is 35.6 Å². The maximum absolute atomic E-state index is 5.50. The van der Waals surface area contributed by atoms with Crippen LogP contribution in [-0.2, 0) is 4.74 Å². The molecular formula is C20H24N4OS. The summed E-state index contributed by atoms with van der Waals surface area (Å²) in [6.45, 7) is 3.99. The third-order valence-electron chi connectivity index (χ3n) is 5.95. The van der Waals surface area contributed by atoms with Gasteiger partial charge < -0.3 is 9.72 Å². The zero-order valence-corrected chi connectivity index (χ0v) is 15.7. The molecule has 0 amide bonds. The Balaban J connectivity index is 1.34. The molecule has 4 heterocycles. The van der Waals surface area contributed by atoms with Gasteiger partial charge in [-0.1, -0.05) is 0 Å². The number of aromatic nitrogens is 3. The van der Waals surface area contributed by atoms with Crippen molar-refractivity contribution in [3.8, 4) is 10.6 Å². The molecule has 0 unspecified atom stereocenters. The zero-order valence-electron chi connectivity index (χ0n) is 14.9. The lowest BCUT2D eigenvalue weighted by atomic mass is 9.81. The lowest BCUT2D eigenvalue weighted by Crippen LogP contribution is -2.44. The number of aromatic amines is 1. The number of nitrogens with zero attached hydrogens (tertiary/aromatic N) is 3. The average molecular weight is 369 g/mol. The number of nitrogens with one attached hydrogen (secondary N) is 1. The van der Waals surface area contributed by atoms with Crippen LogP contribution in [0.15, 0.2) is 30.0 Å². The van der Waals surface area contributed by atoms with Crippen molar-refractivity contribution in [3.63, 3.8) is 0 Å². The number of thiazole rings is 1. The summed E-state index contributed by atoms with van der Waals surface area (Å²) < 4.78 is 5.50. The minimum atomic E-state index is 0.628. The third-order valence-corrected chi connectivity index (χ3v) is 6.75. The summed E-state index contributed by atoms with van der Waals surface area (Å²) in [5, 5.41) is 4.29. The normalized spacial score (nSPS) is 24.9. The molecule has 6 heteroatoms. The summed E-state index contributed by atoms with van der Waals surface area (Å²) in [5.41, 5.74) is 3.52. The first-order chi connectivity index (χ1) is 12.9. The number of ether oxygens (including phenoxy) is 1. The van der Waals surface area contributed by atoms with Crippen LogP contribution < -0.4 is 0 Å². The molecule has 0 radical (unpaired) electrons. The molecule has 1 N–H and O–H groups in total. The SMILES string of the molecule is c1csc(-c2c[nH]c3ncc([C@H]4CC[C@@H](N5CCOCC5)CC4)cc23)n1. The van der Waals surface area contributed by atoms with E-state index < -0.39 is 0 Å². The summed E-state index contributed by atoms with van der Waals surface area (Å²) in [5.74, 6) is 0.628. The van der Waals surface area contributed by atoms with Crippen molar-refractivity contribution < 1.29 is 4.74 Å². The summed E-state index contributed by atoms with van der Waals surface area (Å²) in [6.07, 6.45) is 11.1. The van der Waals surface area contributed by atoms with Gasteiger partial charge in [-0.3, -0.25) is 4.90 Å². The maximum Gasteiger partial charge on any atom is 0.137 e. The Hall–Kier alpha value is -1.76. The minimum Gasteiger partial charge on any atom is -0.379 e. The summed E-state index contributed by atoms with van der Waals surface area (Å²) in [6, 6.07) is 3.08. The molecule has 1 saturated heterocycles. The van der Waals surface area contributed by atoms with E-state index in [2.05, 4.69) is 27.1 Å². The monoisotopic (exact) mass is 368 g/mol. The molecule has 1 saturated carbocycles. The van der Waals surface area contributed by atoms with Crippen LogP contribution >= 0.6 is 11.3 Å². The average Bonchev–Trinajstić information content (AvgIpc) is 3.38. The number of pyridine rings is 1. The number of hydrogen-bond donors (Lipinski definition) is 1. The predicted molar refractivity (Wildman–Crippen MR) is 105 cm³/mol. The molecule has 26 heavy (non-hydrogen) atoms. The first kappa shape index (κ1) is 16.4. The molecule has 3 aromatic heterocycles. The van der Waals surface area contributed by atoms with E-state index in [4.69, 9.17) is 9.72 Å². The smallest absolute Gasteiger partial charge is 0.137 e. The molecule has 0 bridgehead atoms. The summed E-state index contributed by atoms with van der Waals surface area (Å²) in [4.78, 5) is 15.1. The molecule has 5 nitrogen and oxygen atoms in total. The first-order valence-electron chi connectivity index (χ1n) is 9.57. The van der Waals surface area contributed by atoms with E-state index >= 15 is 0 Å². The minimum absolute atomic E-state index is 0.628. The van der Waals surface area contributed by atoms with E-state index in [1.54, 1.807) is 11.3 Å². The van der Waals surface area contributed by atoms with Crippen LogP contribution in [0.4, 0.5) is 0 Å². The number of fused-ring (bicyclic) bond motifs is 1. The fourth-order valence-corrected chi connectivity index (χ4v) is 5.16. The van der Waals surface area contributed by atoms with Crippen molar-refractivity contribution in [1.82, 2.24) is 19.9 Å². The Morgan fingerprint density at radius 3 is 2.73 bits per heavy atom. The van der Waals surface area contributed by atoms with E-state index in [0.717, 1.165) is 43.0 Å². The Morgan fingerprint density at radius 1 is 1.12 bits per heavy atom. The molecule has 0 atom stereocenters. The van der Waals surface area contributed by atoms with Gasteiger partial charge in [0.05, 0.1) is 13.2 Å². The molecule has 0 aromatic carbocycles. The van der Waals surface area contributed by atoms with Gasteiger partial charge in [0.15, 0.2) is 0 Å². The number of rotatable bonds is 3. The van der Waals surface area contributed by atoms with Gasteiger partial charge in [-0.2, -0.15) is 0 Å². The summed E-state index contributed by atoms with van der Waals surface area (Å²) >= 11 is 1.68. The van der Waals surface area contributed by atoms with E-state index in [9.17, 15) is 0 Å². The van der Waals surface area contributed by atoms with E-state index in [-0.39, 0.29) is 0 Å². The fraction of sp³-hybridized carbons (Fsp3) is 0.500. The summed E-state index contributed by atoms with van der Waals surface area (Å²) in [7, 11) is 0. The van der Waals surface area contributed by atoms with Crippen molar-refractivity contribution >= 4 is 22.4 Å². The largest absolute Gasteiger partial charge is 0.379 e. The molecule has 1 aliphatic heterocycles. The number of morpholine rings is 1. The predicted octanol–water partition coefficient (Wildman–Crippen LogP) is 4.04. The van der Waals surface area contributed by atoms with Crippen LogP contribution in [0.1, 0.15) is 37.2 Å². The Kier molecular flexibility index (Phi) is 4.48. The van der Waals surface area contributed by atoms with Crippen LogP contribution in [0, 0.1) is 0 Å². The molecule has 136 valence electrons. The highest BCUT2D eigenvalue weighted by molar-refractivity contribution is 7.13. The second-order valence-electron chi connectivity index (χ2n) is 7.36. The topological polar surface area (TPSA) is 54.0 Å². The van der Waals surface area contributed by atoms with Crippen molar-refractivity contribution in [2.45, 2.75) is 37.6 Å². The van der Waals surface area contributed by atoms with E-state index in [1.165, 1.54) is 42.2 Å². The Bertz CT molecular complexity index is 861. The van der Waals surface area contributed by atoms with Crippen molar-refractivity contribution in [2.24, 2.45) is 0 Å². The molecule has 3 aromatic rings. The second kappa shape index (κ2) is 7.10. The quantitative estimate of drug-likeness (QED) is 0.758. The van der Waals surface area contributed by atoms with Crippen molar-refractivity contribution in [1.29, 1.82) is 0 Å². The van der Waals surface area contributed by atoms with Gasteiger partial charge in [0, 0.05) is 54.1 Å². The third kappa shape index (κ3) is 3.06. The Morgan fingerprint density at radius 2 is 1.96 bits per heavy atom. The van der Waals surface area contributed by atoms with Crippen LogP contribution in [0.5, 0.6) is 0 Å². The van der Waals surface area contributed by atoms with Crippen LogP contribution in [0.2, 0.25) is 0 Å². The number of H-pyrrole nitrogens is 1. The van der Waals surface area contributed by atoms with Crippen LogP contribution in [0.25, 0.3) is 21.6 Å². The highest BCUT2D eigenvalue weighted by Crippen LogP contribution is 2.37. The zero-order chi connectivity index (χ0) is 17.3. The lowest BCUT2D eigenvalue weighted by molar-refractivity contribution is 0.00729. The van der Waals surface area contributed by atoms with E-state index in [0.29, 0.717) is 5.92 Å². The lowest BCUT2D eigenvalue weighted by Gasteiger charge is -2.38. The molecule has 2 aliphatic rings. The van der Waals surface area contributed by atoms with Crippen molar-refractivity contribution in [2.75, 3.05) is 26.3 Å². The van der Waals surface area contributed by atoms with Gasteiger partial charge in [0.1, 0.15) is 10.7 Å². The van der Waals surface area contributed by atoms with Gasteiger partial charge in [-0.25, -0.2) is 9.97 Å². The standard InChI is InChI=1S/C20H24N4OS/c1-3-16(24-6-8-25-9-7-24)4-2-14(1)15-11-17-18(20-21-5-10-26-20)13-23-19(17)22-12-15/h5,10-14,16H,1-4,6-9H2,(H,22,23)/t14-,16+. The molecule has 1 aliphatic carbocycles. The maximum atomic E-state index is 5.50. The van der Waals surface area contributed by atoms with Gasteiger partial charge in [0.25, 0.3) is 0 Å². The van der Waals surface area contributed by atoms with Gasteiger partial charge in [-0.05, 0) is 43.2 Å². The van der Waals surface area contributed by atoms with Gasteiger partial charge in [-0.15, -0.1) is 11.3 Å². The van der Waals surface area contributed by atoms with E-state index in [1.807, 2.05) is 17.8 Å². The fourth-order valence-electron chi connectivity index (χ4n) is 4.49. The highest BCUT2D eigenvalue weighted by Gasteiger charge is 2.28. The Labute approximate surface area is 157 Å². The molecule has 2 fully saturated rings. The molecular weight excluding hydrogens is 344 g/mol. The van der Waals surface area contributed by atoms with Gasteiger partial charge >= 0.3 is 0 Å². The second-order valence-corrected chi connectivity index (χ2v) is 8.25. The van der Waals surface area contributed by atoms with Crippen LogP contribution in [-0.4, -0.2) is 52.2 Å². The first-order valence-corrected chi connectivity index (χ1v) is 10.4. The highest BCUT2D eigenvalue weighted by atomic mass is 32.1.